The van der Waals surface area contributed by atoms with Crippen molar-refractivity contribution in [2.75, 3.05) is 18.0 Å². The van der Waals surface area contributed by atoms with Gasteiger partial charge in [-0.3, -0.25) is 9.78 Å². The van der Waals surface area contributed by atoms with Gasteiger partial charge in [0.2, 0.25) is 0 Å². The molecule has 3 rings (SSSR count). The van der Waals surface area contributed by atoms with Crippen LogP contribution in [0.5, 0.6) is 5.75 Å². The van der Waals surface area contributed by atoms with E-state index in [9.17, 15) is 4.79 Å². The highest BCUT2D eigenvalue weighted by Crippen LogP contribution is 2.37. The van der Waals surface area contributed by atoms with E-state index in [0.29, 0.717) is 36.0 Å². The predicted octanol–water partition coefficient (Wildman–Crippen LogP) is 2.85. The highest BCUT2D eigenvalue weighted by atomic mass is 35.5. The van der Waals surface area contributed by atoms with Gasteiger partial charge in [0.1, 0.15) is 0 Å². The fourth-order valence-corrected chi connectivity index (χ4v) is 2.53. The van der Waals surface area contributed by atoms with Gasteiger partial charge in [-0.2, -0.15) is 0 Å². The number of hydrogen-bond acceptors (Lipinski definition) is 4. The van der Waals surface area contributed by atoms with E-state index in [4.69, 9.17) is 22.1 Å². The molecule has 23 heavy (non-hydrogen) atoms. The minimum Gasteiger partial charge on any atom is -0.449 e. The molecule has 1 aliphatic heterocycles. The standard InChI is InChI=1S/C17H16ClN3O2/c18-13-2-3-15-14(11-13)21(9-1-6-19)17(22)16(23-15)10-12-4-7-20-8-5-12/h2-5,7-8,10-11H,1,6,9,19H2/b16-10+. The van der Waals surface area contributed by atoms with Crippen LogP contribution in [0.2, 0.25) is 5.02 Å². The van der Waals surface area contributed by atoms with E-state index >= 15 is 0 Å². The van der Waals surface area contributed by atoms with Crippen molar-refractivity contribution in [3.8, 4) is 5.75 Å². The number of carbonyl (C=O) groups excluding carboxylic acids is 1. The van der Waals surface area contributed by atoms with Gasteiger partial charge >= 0.3 is 0 Å². The van der Waals surface area contributed by atoms with Crippen molar-refractivity contribution in [2.45, 2.75) is 6.42 Å². The second kappa shape index (κ2) is 6.81. The minimum absolute atomic E-state index is 0.204. The zero-order valence-electron chi connectivity index (χ0n) is 12.4. The third-order valence-electron chi connectivity index (χ3n) is 3.48. The van der Waals surface area contributed by atoms with Gasteiger partial charge in [0, 0.05) is 24.0 Å². The van der Waals surface area contributed by atoms with Crippen molar-refractivity contribution < 1.29 is 9.53 Å². The third kappa shape index (κ3) is 3.36. The number of fused-ring (bicyclic) bond motifs is 1. The zero-order chi connectivity index (χ0) is 16.2. The summed E-state index contributed by atoms with van der Waals surface area (Å²) in [5.74, 6) is 0.666. The van der Waals surface area contributed by atoms with E-state index in [1.165, 1.54) is 0 Å². The van der Waals surface area contributed by atoms with Crippen LogP contribution < -0.4 is 15.4 Å². The number of carbonyl (C=O) groups is 1. The average molecular weight is 330 g/mol. The largest absolute Gasteiger partial charge is 0.449 e. The maximum Gasteiger partial charge on any atom is 0.294 e. The van der Waals surface area contributed by atoms with E-state index in [2.05, 4.69) is 4.98 Å². The first kappa shape index (κ1) is 15.5. The molecule has 6 heteroatoms. The molecule has 1 amide bonds. The smallest absolute Gasteiger partial charge is 0.294 e. The normalized spacial score (nSPS) is 15.5. The SMILES string of the molecule is NCCCN1C(=O)/C(=C\c2ccncc2)Oc2ccc(Cl)cc21. The van der Waals surface area contributed by atoms with Gasteiger partial charge in [-0.1, -0.05) is 11.6 Å². The summed E-state index contributed by atoms with van der Waals surface area (Å²) in [6.45, 7) is 1.02. The van der Waals surface area contributed by atoms with E-state index in [1.54, 1.807) is 41.6 Å². The van der Waals surface area contributed by atoms with Crippen LogP contribution in [0.4, 0.5) is 5.69 Å². The number of ether oxygens (including phenoxy) is 1. The van der Waals surface area contributed by atoms with Crippen LogP contribution in [0, 0.1) is 0 Å². The number of anilines is 1. The quantitative estimate of drug-likeness (QED) is 0.876. The Kier molecular flexibility index (Phi) is 4.60. The van der Waals surface area contributed by atoms with Crippen molar-refractivity contribution >= 4 is 29.3 Å². The van der Waals surface area contributed by atoms with Crippen LogP contribution in [0.15, 0.2) is 48.5 Å². The molecule has 0 bridgehead atoms. The Hall–Kier alpha value is -2.37. The van der Waals surface area contributed by atoms with Gasteiger partial charge in [-0.15, -0.1) is 0 Å². The average Bonchev–Trinajstić information content (AvgIpc) is 2.56. The van der Waals surface area contributed by atoms with Crippen LogP contribution in [0.25, 0.3) is 6.08 Å². The van der Waals surface area contributed by atoms with Gasteiger partial charge in [0.05, 0.1) is 5.69 Å². The summed E-state index contributed by atoms with van der Waals surface area (Å²) in [4.78, 5) is 18.4. The molecule has 0 aliphatic carbocycles. The molecule has 118 valence electrons. The Labute approximate surface area is 139 Å². The highest BCUT2D eigenvalue weighted by molar-refractivity contribution is 6.31. The van der Waals surface area contributed by atoms with Gasteiger partial charge in [0.15, 0.2) is 11.5 Å². The lowest BCUT2D eigenvalue weighted by Crippen LogP contribution is -2.38. The van der Waals surface area contributed by atoms with Gasteiger partial charge in [-0.25, -0.2) is 0 Å². The van der Waals surface area contributed by atoms with Gasteiger partial charge in [0.25, 0.3) is 5.91 Å². The summed E-state index contributed by atoms with van der Waals surface area (Å²) in [5.41, 5.74) is 7.10. The maximum atomic E-state index is 12.7. The van der Waals surface area contributed by atoms with Crippen molar-refractivity contribution in [3.05, 3.63) is 59.1 Å². The molecule has 1 aliphatic rings. The Balaban J connectivity index is 2.00. The lowest BCUT2D eigenvalue weighted by molar-refractivity contribution is -0.117. The molecule has 0 fully saturated rings. The number of hydrogen-bond donors (Lipinski definition) is 1. The molecule has 2 N–H and O–H groups in total. The van der Waals surface area contributed by atoms with E-state index in [0.717, 1.165) is 5.56 Å². The zero-order valence-corrected chi connectivity index (χ0v) is 13.2. The first-order valence-corrected chi connectivity index (χ1v) is 7.68. The van der Waals surface area contributed by atoms with Crippen LogP contribution in [-0.2, 0) is 4.79 Å². The first-order valence-electron chi connectivity index (χ1n) is 7.30. The monoisotopic (exact) mass is 329 g/mol. The molecule has 0 spiro atoms. The van der Waals surface area contributed by atoms with Crippen LogP contribution in [0.3, 0.4) is 0 Å². The fourth-order valence-electron chi connectivity index (χ4n) is 2.37. The van der Waals surface area contributed by atoms with Crippen LogP contribution in [0.1, 0.15) is 12.0 Å². The van der Waals surface area contributed by atoms with Gasteiger partial charge < -0.3 is 15.4 Å². The summed E-state index contributed by atoms with van der Waals surface area (Å²) >= 11 is 6.05. The number of benzene rings is 1. The lowest BCUT2D eigenvalue weighted by atomic mass is 10.1. The topological polar surface area (TPSA) is 68.5 Å². The van der Waals surface area contributed by atoms with E-state index in [1.807, 2.05) is 12.1 Å². The van der Waals surface area contributed by atoms with Crippen LogP contribution in [-0.4, -0.2) is 24.0 Å². The number of nitrogens with two attached hydrogens (primary N) is 1. The number of rotatable bonds is 4. The number of halogens is 1. The highest BCUT2D eigenvalue weighted by Gasteiger charge is 2.30. The van der Waals surface area contributed by atoms with Crippen molar-refractivity contribution in [2.24, 2.45) is 5.73 Å². The Morgan fingerprint density at radius 1 is 1.26 bits per heavy atom. The summed E-state index contributed by atoms with van der Waals surface area (Å²) in [7, 11) is 0. The molecule has 2 aromatic rings. The molecule has 1 aromatic heterocycles. The van der Waals surface area contributed by atoms with E-state index in [-0.39, 0.29) is 11.7 Å². The Morgan fingerprint density at radius 2 is 2.04 bits per heavy atom. The summed E-state index contributed by atoms with van der Waals surface area (Å²) in [5, 5.41) is 0.555. The lowest BCUT2D eigenvalue weighted by Gasteiger charge is -2.30. The summed E-state index contributed by atoms with van der Waals surface area (Å²) in [6.07, 6.45) is 5.73. The van der Waals surface area contributed by atoms with Crippen molar-refractivity contribution in [3.63, 3.8) is 0 Å². The molecule has 1 aromatic carbocycles. The number of pyridine rings is 1. The second-order valence-corrected chi connectivity index (χ2v) is 5.54. The number of amides is 1. The van der Waals surface area contributed by atoms with Gasteiger partial charge in [-0.05, 0) is 54.9 Å². The Bertz CT molecular complexity index is 747. The molecule has 2 heterocycles. The molecule has 0 atom stereocenters. The predicted molar refractivity (Wildman–Crippen MR) is 90.3 cm³/mol. The number of aromatic nitrogens is 1. The third-order valence-corrected chi connectivity index (χ3v) is 3.71. The molecular weight excluding hydrogens is 314 g/mol. The van der Waals surface area contributed by atoms with E-state index < -0.39 is 0 Å². The molecule has 0 saturated heterocycles. The van der Waals surface area contributed by atoms with Crippen molar-refractivity contribution in [1.82, 2.24) is 4.98 Å². The summed E-state index contributed by atoms with van der Waals surface area (Å²) in [6, 6.07) is 8.85. The van der Waals surface area contributed by atoms with Crippen molar-refractivity contribution in [1.29, 1.82) is 0 Å². The fraction of sp³-hybridized carbons (Fsp3) is 0.176. The number of nitrogens with zero attached hydrogens (tertiary/aromatic N) is 2. The maximum absolute atomic E-state index is 12.7. The molecule has 0 radical (unpaired) electrons. The molecule has 0 saturated carbocycles. The molecule has 5 nitrogen and oxygen atoms in total. The first-order chi connectivity index (χ1) is 11.2. The molecular formula is C17H16ClN3O2. The Morgan fingerprint density at radius 3 is 2.78 bits per heavy atom. The summed E-state index contributed by atoms with van der Waals surface area (Å²) < 4.78 is 5.77. The van der Waals surface area contributed by atoms with Crippen LogP contribution >= 0.6 is 11.6 Å². The second-order valence-electron chi connectivity index (χ2n) is 5.10. The molecule has 0 unspecified atom stereocenters. The minimum atomic E-state index is -0.204.